The molecule has 1 N–H and O–H groups in total. The molecule has 4 rings (SSSR count). The molecule has 0 saturated heterocycles. The number of nitrogens with zero attached hydrogens (tertiary/aromatic N) is 2. The Hall–Kier alpha value is -4.63. The van der Waals surface area contributed by atoms with E-state index in [9.17, 15) is 18.0 Å². The van der Waals surface area contributed by atoms with Gasteiger partial charge in [0, 0.05) is 20.0 Å². The van der Waals surface area contributed by atoms with Gasteiger partial charge in [-0.1, -0.05) is 90.0 Å². The number of likely N-dealkylation sites (N-methyl/N-ethyl adjacent to an activating group) is 1. The number of sulfonamides is 1. The molecule has 0 bridgehead atoms. The molecule has 0 aliphatic rings. The van der Waals surface area contributed by atoms with Crippen LogP contribution in [-0.2, 0) is 32.6 Å². The molecule has 4 aromatic rings. The summed E-state index contributed by atoms with van der Waals surface area (Å²) in [6, 6.07) is 29.3. The molecule has 2 amide bonds. The molecule has 0 unspecified atom stereocenters. The van der Waals surface area contributed by atoms with E-state index in [-0.39, 0.29) is 29.5 Å². The third kappa shape index (κ3) is 7.61. The average Bonchev–Trinajstić information content (AvgIpc) is 3.01. The van der Waals surface area contributed by atoms with Crippen LogP contribution in [0.25, 0.3) is 0 Å². The molecule has 9 heteroatoms. The fourth-order valence-electron chi connectivity index (χ4n) is 4.91. The first kappa shape index (κ1) is 31.3. The monoisotopic (exact) mass is 599 g/mol. The van der Waals surface area contributed by atoms with E-state index in [1.54, 1.807) is 36.4 Å². The summed E-state index contributed by atoms with van der Waals surface area (Å²) in [6.07, 6.45) is 0.247. The zero-order valence-corrected chi connectivity index (χ0v) is 25.7. The maximum atomic E-state index is 14.4. The minimum absolute atomic E-state index is 0.0363. The van der Waals surface area contributed by atoms with Gasteiger partial charge in [0.2, 0.25) is 11.8 Å². The van der Waals surface area contributed by atoms with E-state index in [0.717, 1.165) is 26.6 Å². The molecular weight excluding hydrogens is 562 g/mol. The molecule has 224 valence electrons. The predicted octanol–water partition coefficient (Wildman–Crippen LogP) is 4.89. The van der Waals surface area contributed by atoms with Crippen molar-refractivity contribution in [1.82, 2.24) is 10.2 Å². The third-order valence-electron chi connectivity index (χ3n) is 7.19. The van der Waals surface area contributed by atoms with Crippen LogP contribution in [0, 0.1) is 13.8 Å². The van der Waals surface area contributed by atoms with Gasteiger partial charge in [-0.25, -0.2) is 8.42 Å². The summed E-state index contributed by atoms with van der Waals surface area (Å²) in [5.41, 5.74) is 3.81. The number of aryl methyl sites for hydroxylation is 2. The van der Waals surface area contributed by atoms with Gasteiger partial charge in [-0.3, -0.25) is 13.9 Å². The topological polar surface area (TPSA) is 96.0 Å². The van der Waals surface area contributed by atoms with E-state index in [2.05, 4.69) is 5.32 Å². The number of nitrogens with one attached hydrogen (secondary N) is 1. The van der Waals surface area contributed by atoms with E-state index in [0.29, 0.717) is 5.75 Å². The van der Waals surface area contributed by atoms with Crippen LogP contribution in [0.4, 0.5) is 5.69 Å². The lowest BCUT2D eigenvalue weighted by Crippen LogP contribution is -2.53. The molecule has 0 aromatic heterocycles. The molecule has 0 aliphatic carbocycles. The normalized spacial score (nSPS) is 11.8. The molecule has 4 aromatic carbocycles. The van der Waals surface area contributed by atoms with Crippen LogP contribution in [0.15, 0.2) is 108 Å². The highest BCUT2D eigenvalue weighted by molar-refractivity contribution is 7.92. The van der Waals surface area contributed by atoms with Gasteiger partial charge in [0.05, 0.1) is 17.7 Å². The fraction of sp³-hybridized carbons (Fsp3) is 0.235. The van der Waals surface area contributed by atoms with Crippen LogP contribution in [0.3, 0.4) is 0 Å². The van der Waals surface area contributed by atoms with Crippen molar-refractivity contribution in [2.75, 3.05) is 25.0 Å². The van der Waals surface area contributed by atoms with Crippen molar-refractivity contribution in [2.45, 2.75) is 37.8 Å². The number of benzene rings is 4. The summed E-state index contributed by atoms with van der Waals surface area (Å²) in [6.45, 7) is 3.38. The van der Waals surface area contributed by atoms with Crippen molar-refractivity contribution in [3.8, 4) is 5.75 Å². The number of methoxy groups -OCH3 is 1. The highest BCUT2D eigenvalue weighted by atomic mass is 32.2. The zero-order chi connectivity index (χ0) is 31.0. The Labute approximate surface area is 254 Å². The SMILES string of the molecule is CNC(=O)[C@@H](Cc1ccccc1)N(Cc1cccc(C)c1)C(=O)CN(c1ccccc1OC)S(=O)(=O)c1ccc(C)cc1. The second-order valence-electron chi connectivity index (χ2n) is 10.3. The van der Waals surface area contributed by atoms with Gasteiger partial charge in [-0.15, -0.1) is 0 Å². The van der Waals surface area contributed by atoms with Crippen molar-refractivity contribution in [1.29, 1.82) is 0 Å². The van der Waals surface area contributed by atoms with Crippen LogP contribution in [0.2, 0.25) is 0 Å². The Morgan fingerprint density at radius 1 is 0.814 bits per heavy atom. The maximum Gasteiger partial charge on any atom is 0.264 e. The molecule has 1 atom stereocenters. The first-order chi connectivity index (χ1) is 20.6. The van der Waals surface area contributed by atoms with Crippen LogP contribution >= 0.6 is 0 Å². The van der Waals surface area contributed by atoms with E-state index in [4.69, 9.17) is 4.74 Å². The first-order valence-corrected chi connectivity index (χ1v) is 15.4. The minimum Gasteiger partial charge on any atom is -0.495 e. The molecule has 8 nitrogen and oxygen atoms in total. The number of carbonyl (C=O) groups excluding carboxylic acids is 2. The van der Waals surface area contributed by atoms with E-state index in [1.807, 2.05) is 68.4 Å². The predicted molar refractivity (Wildman–Crippen MR) is 168 cm³/mol. The molecule has 0 heterocycles. The molecule has 0 radical (unpaired) electrons. The van der Waals surface area contributed by atoms with Crippen molar-refractivity contribution in [3.05, 3.63) is 125 Å². The second-order valence-corrected chi connectivity index (χ2v) is 12.2. The number of para-hydroxylation sites is 2. The minimum atomic E-state index is -4.22. The number of hydrogen-bond donors (Lipinski definition) is 1. The Balaban J connectivity index is 1.81. The number of rotatable bonds is 12. The Morgan fingerprint density at radius 2 is 1.47 bits per heavy atom. The van der Waals surface area contributed by atoms with Gasteiger partial charge in [-0.05, 0) is 49.2 Å². The summed E-state index contributed by atoms with van der Waals surface area (Å²) in [7, 11) is -1.24. The average molecular weight is 600 g/mol. The second kappa shape index (κ2) is 14.0. The van der Waals surface area contributed by atoms with Crippen LogP contribution < -0.4 is 14.4 Å². The van der Waals surface area contributed by atoms with Gasteiger partial charge in [0.1, 0.15) is 18.3 Å². The number of carbonyl (C=O) groups is 2. The summed E-state index contributed by atoms with van der Waals surface area (Å²) in [5, 5.41) is 2.70. The Bertz CT molecular complexity index is 1660. The standard InChI is InChI=1S/C34H37N3O5S/c1-25-17-19-29(20-18-25)43(40,41)37(30-15-8-9-16-32(30)42-4)24-33(38)36(23-28-14-10-11-26(2)21-28)31(34(39)35-3)22-27-12-6-5-7-13-27/h5-21,31H,22-24H2,1-4H3,(H,35,39)/t31-/m1/s1. The van der Waals surface area contributed by atoms with Crippen LogP contribution in [0.5, 0.6) is 5.75 Å². The third-order valence-corrected chi connectivity index (χ3v) is 8.97. The van der Waals surface area contributed by atoms with Gasteiger partial charge >= 0.3 is 0 Å². The quantitative estimate of drug-likeness (QED) is 0.250. The number of anilines is 1. The van der Waals surface area contributed by atoms with Crippen molar-refractivity contribution < 1.29 is 22.7 Å². The lowest BCUT2D eigenvalue weighted by molar-refractivity contribution is -0.139. The summed E-state index contributed by atoms with van der Waals surface area (Å²) < 4.78 is 34.9. The van der Waals surface area contributed by atoms with E-state index < -0.39 is 28.5 Å². The van der Waals surface area contributed by atoms with Gasteiger partial charge in [0.15, 0.2) is 0 Å². The molecule has 0 fully saturated rings. The van der Waals surface area contributed by atoms with Crippen LogP contribution in [0.1, 0.15) is 22.3 Å². The van der Waals surface area contributed by atoms with Gasteiger partial charge in [0.25, 0.3) is 10.0 Å². The van der Waals surface area contributed by atoms with Gasteiger partial charge < -0.3 is 15.0 Å². The number of hydrogen-bond acceptors (Lipinski definition) is 5. The number of ether oxygens (including phenoxy) is 1. The molecular formula is C34H37N3O5S. The summed E-state index contributed by atoms with van der Waals surface area (Å²) >= 11 is 0. The van der Waals surface area contributed by atoms with Crippen LogP contribution in [-0.4, -0.2) is 51.9 Å². The lowest BCUT2D eigenvalue weighted by Gasteiger charge is -2.34. The van der Waals surface area contributed by atoms with Crippen molar-refractivity contribution in [3.63, 3.8) is 0 Å². The molecule has 0 spiro atoms. The fourth-order valence-corrected chi connectivity index (χ4v) is 6.34. The maximum absolute atomic E-state index is 14.4. The number of amides is 2. The van der Waals surface area contributed by atoms with Gasteiger partial charge in [-0.2, -0.15) is 0 Å². The smallest absolute Gasteiger partial charge is 0.264 e. The molecule has 0 saturated carbocycles. The first-order valence-electron chi connectivity index (χ1n) is 14.0. The Morgan fingerprint density at radius 3 is 2.12 bits per heavy atom. The van der Waals surface area contributed by atoms with E-state index >= 15 is 0 Å². The van der Waals surface area contributed by atoms with E-state index in [1.165, 1.54) is 31.2 Å². The van der Waals surface area contributed by atoms with Crippen molar-refractivity contribution in [2.24, 2.45) is 0 Å². The highest BCUT2D eigenvalue weighted by Gasteiger charge is 2.35. The zero-order valence-electron chi connectivity index (χ0n) is 24.9. The largest absolute Gasteiger partial charge is 0.495 e. The molecule has 0 aliphatic heterocycles. The van der Waals surface area contributed by atoms with Crippen molar-refractivity contribution >= 4 is 27.5 Å². The lowest BCUT2D eigenvalue weighted by atomic mass is 10.0. The molecule has 43 heavy (non-hydrogen) atoms. The summed E-state index contributed by atoms with van der Waals surface area (Å²) in [4.78, 5) is 29.3. The summed E-state index contributed by atoms with van der Waals surface area (Å²) in [5.74, 6) is -0.592. The highest BCUT2D eigenvalue weighted by Crippen LogP contribution is 2.32. The Kier molecular flexibility index (Phi) is 10.2.